The standard InChI is InChI=1S/C8H18N.2C2H6/c1-9(2)7-5-3-4-6-8-9;2*1-2/h3-8H2,1-2H3;2*1-2H3/q+1;;. The van der Waals surface area contributed by atoms with E-state index in [1.54, 1.807) is 0 Å². The highest BCUT2D eigenvalue weighted by Crippen LogP contribution is 2.12. The van der Waals surface area contributed by atoms with E-state index in [1.807, 2.05) is 27.7 Å². The molecule has 1 saturated heterocycles. The number of rotatable bonds is 0. The van der Waals surface area contributed by atoms with Crippen molar-refractivity contribution >= 4 is 0 Å². The third-order valence-electron chi connectivity index (χ3n) is 2.28. The van der Waals surface area contributed by atoms with Gasteiger partial charge in [0, 0.05) is 0 Å². The molecule has 13 heavy (non-hydrogen) atoms. The summed E-state index contributed by atoms with van der Waals surface area (Å²) in [6, 6.07) is 0. The molecule has 0 aromatic rings. The Bertz CT molecular complexity index is 77.1. The average Bonchev–Trinajstić information content (AvgIpc) is 2.36. The highest BCUT2D eigenvalue weighted by atomic mass is 15.3. The van der Waals surface area contributed by atoms with E-state index in [4.69, 9.17) is 0 Å². The van der Waals surface area contributed by atoms with Gasteiger partial charge in [-0.1, -0.05) is 27.7 Å². The number of likely N-dealkylation sites (tertiary alicyclic amines) is 1. The Morgan fingerprint density at radius 1 is 0.615 bits per heavy atom. The molecular weight excluding hydrogens is 158 g/mol. The normalized spacial score (nSPS) is 19.8. The first-order chi connectivity index (χ1) is 6.21. The van der Waals surface area contributed by atoms with Crippen LogP contribution in [0.1, 0.15) is 53.4 Å². The highest BCUT2D eigenvalue weighted by Gasteiger charge is 2.16. The van der Waals surface area contributed by atoms with Gasteiger partial charge in [0.2, 0.25) is 0 Å². The van der Waals surface area contributed by atoms with Crippen LogP contribution in [0.4, 0.5) is 0 Å². The van der Waals surface area contributed by atoms with Crippen molar-refractivity contribution in [2.75, 3.05) is 27.2 Å². The van der Waals surface area contributed by atoms with Gasteiger partial charge in [-0.25, -0.2) is 0 Å². The van der Waals surface area contributed by atoms with E-state index >= 15 is 0 Å². The van der Waals surface area contributed by atoms with Crippen LogP contribution in [0.5, 0.6) is 0 Å². The summed E-state index contributed by atoms with van der Waals surface area (Å²) in [5.74, 6) is 0. The smallest absolute Gasteiger partial charge is 0.0782 e. The molecule has 0 aromatic carbocycles. The molecule has 1 heteroatoms. The Labute approximate surface area is 85.7 Å². The van der Waals surface area contributed by atoms with Crippen molar-refractivity contribution in [3.8, 4) is 0 Å². The summed E-state index contributed by atoms with van der Waals surface area (Å²) in [5.41, 5.74) is 0. The van der Waals surface area contributed by atoms with E-state index in [0.29, 0.717) is 0 Å². The second kappa shape index (κ2) is 10.0. The molecule has 0 bridgehead atoms. The zero-order valence-corrected chi connectivity index (χ0v) is 10.7. The Kier molecular flexibility index (Phi) is 11.9. The van der Waals surface area contributed by atoms with Crippen molar-refractivity contribution in [1.29, 1.82) is 0 Å². The predicted octanol–water partition coefficient (Wildman–Crippen LogP) is 3.69. The first-order valence-corrected chi connectivity index (χ1v) is 6.03. The molecule has 1 heterocycles. The van der Waals surface area contributed by atoms with Gasteiger partial charge in [0.15, 0.2) is 0 Å². The molecule has 1 nitrogen and oxygen atoms in total. The zero-order chi connectivity index (χ0) is 10.7. The summed E-state index contributed by atoms with van der Waals surface area (Å²) in [6.45, 7) is 10.8. The second-order valence-corrected chi connectivity index (χ2v) is 3.80. The van der Waals surface area contributed by atoms with Gasteiger partial charge in [0.1, 0.15) is 0 Å². The van der Waals surface area contributed by atoms with Crippen molar-refractivity contribution in [3.05, 3.63) is 0 Å². The van der Waals surface area contributed by atoms with Crippen LogP contribution in [0.15, 0.2) is 0 Å². The third-order valence-corrected chi connectivity index (χ3v) is 2.28. The summed E-state index contributed by atoms with van der Waals surface area (Å²) in [4.78, 5) is 0. The van der Waals surface area contributed by atoms with Gasteiger partial charge in [0.05, 0.1) is 27.2 Å². The summed E-state index contributed by atoms with van der Waals surface area (Å²) in [6.07, 6.45) is 5.80. The van der Waals surface area contributed by atoms with E-state index in [2.05, 4.69) is 14.1 Å². The van der Waals surface area contributed by atoms with E-state index in [0.717, 1.165) is 0 Å². The molecule has 0 aliphatic carbocycles. The lowest BCUT2D eigenvalue weighted by molar-refractivity contribution is -0.889. The Balaban J connectivity index is 0. The maximum absolute atomic E-state index is 2.34. The van der Waals surface area contributed by atoms with Crippen molar-refractivity contribution in [2.24, 2.45) is 0 Å². The minimum absolute atomic E-state index is 1.25. The lowest BCUT2D eigenvalue weighted by Crippen LogP contribution is -2.39. The van der Waals surface area contributed by atoms with Crippen LogP contribution in [0, 0.1) is 0 Å². The zero-order valence-electron chi connectivity index (χ0n) is 10.7. The van der Waals surface area contributed by atoms with E-state index in [9.17, 15) is 0 Å². The monoisotopic (exact) mass is 188 g/mol. The van der Waals surface area contributed by atoms with E-state index in [-0.39, 0.29) is 0 Å². The fourth-order valence-corrected chi connectivity index (χ4v) is 1.55. The molecule has 1 fully saturated rings. The van der Waals surface area contributed by atoms with Gasteiger partial charge >= 0.3 is 0 Å². The van der Waals surface area contributed by atoms with E-state index in [1.165, 1.54) is 43.3 Å². The minimum atomic E-state index is 1.25. The molecule has 1 aliphatic heterocycles. The van der Waals surface area contributed by atoms with Crippen LogP contribution in [-0.2, 0) is 0 Å². The van der Waals surface area contributed by atoms with Crippen molar-refractivity contribution in [3.63, 3.8) is 0 Å². The molecular formula is C12H30N+. The fraction of sp³-hybridized carbons (Fsp3) is 1.00. The lowest BCUT2D eigenvalue weighted by Gasteiger charge is -2.27. The molecule has 0 spiro atoms. The predicted molar refractivity (Wildman–Crippen MR) is 63.0 cm³/mol. The van der Waals surface area contributed by atoms with Crippen molar-refractivity contribution in [1.82, 2.24) is 0 Å². The molecule has 0 amide bonds. The van der Waals surface area contributed by atoms with Crippen molar-refractivity contribution in [2.45, 2.75) is 53.4 Å². The summed E-state index contributed by atoms with van der Waals surface area (Å²) >= 11 is 0. The molecule has 1 aliphatic rings. The average molecular weight is 188 g/mol. The number of nitrogens with zero attached hydrogens (tertiary/aromatic N) is 1. The fourth-order valence-electron chi connectivity index (χ4n) is 1.55. The molecule has 0 unspecified atom stereocenters. The van der Waals surface area contributed by atoms with Gasteiger partial charge in [-0.05, 0) is 25.7 Å². The number of quaternary nitrogens is 1. The quantitative estimate of drug-likeness (QED) is 0.509. The lowest BCUT2D eigenvalue weighted by atomic mass is 10.2. The summed E-state index contributed by atoms with van der Waals surface area (Å²) in [5, 5.41) is 0. The maximum atomic E-state index is 2.34. The van der Waals surface area contributed by atoms with E-state index < -0.39 is 0 Å². The molecule has 0 aromatic heterocycles. The number of hydrogen-bond acceptors (Lipinski definition) is 0. The first kappa shape index (κ1) is 15.4. The topological polar surface area (TPSA) is 0 Å². The molecule has 0 saturated carbocycles. The number of hydrogen-bond donors (Lipinski definition) is 0. The van der Waals surface area contributed by atoms with Crippen LogP contribution in [0.25, 0.3) is 0 Å². The van der Waals surface area contributed by atoms with Crippen LogP contribution in [-0.4, -0.2) is 31.7 Å². The molecule has 1 rings (SSSR count). The molecule has 0 atom stereocenters. The van der Waals surface area contributed by atoms with Gasteiger partial charge in [-0.15, -0.1) is 0 Å². The molecule has 82 valence electrons. The summed E-state index contributed by atoms with van der Waals surface area (Å²) in [7, 11) is 4.68. The SMILES string of the molecule is CC.CC.C[N+]1(C)CCCCCC1. The molecule has 0 radical (unpaired) electrons. The molecule has 0 N–H and O–H groups in total. The van der Waals surface area contributed by atoms with Gasteiger partial charge in [-0.2, -0.15) is 0 Å². The van der Waals surface area contributed by atoms with Crippen LogP contribution >= 0.6 is 0 Å². The van der Waals surface area contributed by atoms with Gasteiger partial charge < -0.3 is 4.48 Å². The largest absolute Gasteiger partial charge is 0.328 e. The van der Waals surface area contributed by atoms with Crippen LogP contribution in [0.3, 0.4) is 0 Å². The Morgan fingerprint density at radius 3 is 1.23 bits per heavy atom. The first-order valence-electron chi connectivity index (χ1n) is 6.03. The van der Waals surface area contributed by atoms with Gasteiger partial charge in [-0.3, -0.25) is 0 Å². The Morgan fingerprint density at radius 2 is 0.923 bits per heavy atom. The second-order valence-electron chi connectivity index (χ2n) is 3.80. The van der Waals surface area contributed by atoms with Crippen molar-refractivity contribution < 1.29 is 4.48 Å². The van der Waals surface area contributed by atoms with Gasteiger partial charge in [0.25, 0.3) is 0 Å². The third kappa shape index (κ3) is 9.88. The Hall–Kier alpha value is -0.0400. The van der Waals surface area contributed by atoms with Crippen LogP contribution in [0.2, 0.25) is 0 Å². The summed E-state index contributed by atoms with van der Waals surface area (Å²) < 4.78 is 1.25. The van der Waals surface area contributed by atoms with Crippen LogP contribution < -0.4 is 0 Å². The highest BCUT2D eigenvalue weighted by molar-refractivity contribution is 4.48. The maximum Gasteiger partial charge on any atom is 0.0782 e. The minimum Gasteiger partial charge on any atom is -0.328 e.